The van der Waals surface area contributed by atoms with Crippen LogP contribution in [0.2, 0.25) is 0 Å². The number of hydrogen-bond donors (Lipinski definition) is 2. The molecule has 0 saturated carbocycles. The van der Waals surface area contributed by atoms with Crippen LogP contribution in [0, 0.1) is 5.92 Å². The van der Waals surface area contributed by atoms with Crippen molar-refractivity contribution in [2.75, 3.05) is 19.7 Å². The molecular weight excluding hydrogens is 294 g/mol. The summed E-state index contributed by atoms with van der Waals surface area (Å²) >= 11 is 0. The first-order chi connectivity index (χ1) is 11.1. The number of nitrogens with zero attached hydrogens (tertiary/aromatic N) is 1. The van der Waals surface area contributed by atoms with Gasteiger partial charge in [-0.1, -0.05) is 6.92 Å². The maximum atomic E-state index is 11.8. The molecule has 0 unspecified atom stereocenters. The highest BCUT2D eigenvalue weighted by molar-refractivity contribution is 5.82. The normalized spacial score (nSPS) is 19.3. The molecule has 2 N–H and O–H groups in total. The fourth-order valence-electron chi connectivity index (χ4n) is 3.41. The third kappa shape index (κ3) is 3.41. The van der Waals surface area contributed by atoms with Gasteiger partial charge in [-0.2, -0.15) is 0 Å². The van der Waals surface area contributed by atoms with E-state index >= 15 is 0 Å². The third-order valence-electron chi connectivity index (χ3n) is 4.67. The molecule has 1 fully saturated rings. The Morgan fingerprint density at radius 2 is 2.13 bits per heavy atom. The highest BCUT2D eigenvalue weighted by Gasteiger charge is 2.20. The molecule has 0 bridgehead atoms. The number of hydrogen-bond acceptors (Lipinski definition) is 5. The summed E-state index contributed by atoms with van der Waals surface area (Å²) in [4.78, 5) is 14.1. The van der Waals surface area contributed by atoms with Crippen LogP contribution in [0.1, 0.15) is 30.9 Å². The summed E-state index contributed by atoms with van der Waals surface area (Å²) in [6.07, 6.45) is 2.83. The summed E-state index contributed by atoms with van der Waals surface area (Å²) in [5, 5.41) is 20.2. The second-order valence-corrected chi connectivity index (χ2v) is 6.35. The fraction of sp³-hybridized carbons (Fsp3) is 0.500. The summed E-state index contributed by atoms with van der Waals surface area (Å²) in [6.45, 7) is 4.67. The zero-order chi connectivity index (χ0) is 16.4. The van der Waals surface area contributed by atoms with Crippen LogP contribution >= 0.6 is 0 Å². The van der Waals surface area contributed by atoms with Gasteiger partial charge in [-0.25, -0.2) is 4.79 Å². The van der Waals surface area contributed by atoms with Gasteiger partial charge < -0.3 is 14.6 Å². The zero-order valence-electron chi connectivity index (χ0n) is 13.4. The second-order valence-electron chi connectivity index (χ2n) is 6.35. The molecule has 0 radical (unpaired) electrons. The summed E-state index contributed by atoms with van der Waals surface area (Å²) in [5.74, 6) is 0.476. The molecule has 1 atom stereocenters. The van der Waals surface area contributed by atoms with Crippen LogP contribution in [-0.2, 0) is 13.0 Å². The first-order valence-corrected chi connectivity index (χ1v) is 8.22. The Balaban J connectivity index is 1.97. The minimum absolute atomic E-state index is 0.165. The van der Waals surface area contributed by atoms with Gasteiger partial charge >= 0.3 is 5.63 Å². The Labute approximate surface area is 135 Å². The quantitative estimate of drug-likeness (QED) is 0.846. The van der Waals surface area contributed by atoms with Crippen LogP contribution < -0.4 is 5.63 Å². The Morgan fingerprint density at radius 1 is 1.30 bits per heavy atom. The van der Waals surface area contributed by atoms with Crippen molar-refractivity contribution in [3.8, 4) is 5.75 Å². The average Bonchev–Trinajstić information content (AvgIpc) is 2.54. The Morgan fingerprint density at radius 3 is 2.87 bits per heavy atom. The van der Waals surface area contributed by atoms with Gasteiger partial charge in [0.15, 0.2) is 0 Å². The molecule has 0 aliphatic carbocycles. The molecular formula is C18H23NO4. The van der Waals surface area contributed by atoms with Gasteiger partial charge in [-0.15, -0.1) is 0 Å². The number of benzene rings is 1. The molecule has 2 aromatic rings. The Bertz CT molecular complexity index is 753. The molecule has 1 aromatic heterocycles. The number of aliphatic hydroxyl groups excluding tert-OH is 1. The summed E-state index contributed by atoms with van der Waals surface area (Å²) in [6, 6.07) is 4.99. The predicted molar refractivity (Wildman–Crippen MR) is 88.6 cm³/mol. The number of fused-ring (bicyclic) bond motifs is 1. The summed E-state index contributed by atoms with van der Waals surface area (Å²) in [7, 11) is 0. The second kappa shape index (κ2) is 6.72. The van der Waals surface area contributed by atoms with E-state index < -0.39 is 5.63 Å². The van der Waals surface area contributed by atoms with Crippen molar-refractivity contribution in [1.29, 1.82) is 0 Å². The monoisotopic (exact) mass is 317 g/mol. The number of phenols is 1. The van der Waals surface area contributed by atoms with Gasteiger partial charge in [0.2, 0.25) is 0 Å². The molecule has 5 nitrogen and oxygen atoms in total. The van der Waals surface area contributed by atoms with Gasteiger partial charge in [-0.05, 0) is 48.9 Å². The van der Waals surface area contributed by atoms with Crippen LogP contribution in [0.15, 0.2) is 27.4 Å². The van der Waals surface area contributed by atoms with Crippen molar-refractivity contribution in [3.05, 3.63) is 39.7 Å². The molecule has 0 spiro atoms. The third-order valence-corrected chi connectivity index (χ3v) is 4.67. The van der Waals surface area contributed by atoms with Crippen molar-refractivity contribution >= 4 is 11.0 Å². The van der Waals surface area contributed by atoms with Crippen LogP contribution in [0.5, 0.6) is 5.75 Å². The van der Waals surface area contributed by atoms with E-state index in [1.165, 1.54) is 6.07 Å². The van der Waals surface area contributed by atoms with Gasteiger partial charge in [0, 0.05) is 37.2 Å². The molecule has 124 valence electrons. The van der Waals surface area contributed by atoms with Gasteiger partial charge in [0.05, 0.1) is 0 Å². The van der Waals surface area contributed by atoms with Gasteiger partial charge in [-0.3, -0.25) is 4.90 Å². The molecule has 3 rings (SSSR count). The summed E-state index contributed by atoms with van der Waals surface area (Å²) < 4.78 is 5.24. The van der Waals surface area contributed by atoms with E-state index in [2.05, 4.69) is 4.90 Å². The Kier molecular flexibility index (Phi) is 4.68. The molecule has 5 heteroatoms. The van der Waals surface area contributed by atoms with E-state index in [9.17, 15) is 15.0 Å². The lowest BCUT2D eigenvalue weighted by atomic mass is 9.98. The van der Waals surface area contributed by atoms with Gasteiger partial charge in [0.25, 0.3) is 0 Å². The van der Waals surface area contributed by atoms with E-state index in [1.54, 1.807) is 6.07 Å². The van der Waals surface area contributed by atoms with E-state index in [4.69, 9.17) is 4.42 Å². The van der Waals surface area contributed by atoms with Crippen molar-refractivity contribution < 1.29 is 14.6 Å². The molecule has 23 heavy (non-hydrogen) atoms. The minimum atomic E-state index is -0.396. The van der Waals surface area contributed by atoms with E-state index in [0.717, 1.165) is 48.9 Å². The highest BCUT2D eigenvalue weighted by Crippen LogP contribution is 2.28. The van der Waals surface area contributed by atoms with E-state index in [0.29, 0.717) is 18.0 Å². The van der Waals surface area contributed by atoms with Crippen LogP contribution in [0.4, 0.5) is 0 Å². The van der Waals surface area contributed by atoms with Crippen molar-refractivity contribution in [3.63, 3.8) is 0 Å². The standard InChI is InChI=1S/C18H23NO4/c1-2-13-6-15-14(7-18(22)23-17(15)8-16(13)21)10-19-5-3-4-12(9-19)11-20/h6-8,12,20-21H,2-5,9-11H2,1H3/t12-/m1/s1. The maximum Gasteiger partial charge on any atom is 0.336 e. The van der Waals surface area contributed by atoms with E-state index in [-0.39, 0.29) is 12.4 Å². The van der Waals surface area contributed by atoms with Gasteiger partial charge in [0.1, 0.15) is 11.3 Å². The average molecular weight is 317 g/mol. The van der Waals surface area contributed by atoms with Crippen molar-refractivity contribution in [1.82, 2.24) is 4.90 Å². The molecule has 2 heterocycles. The lowest BCUT2D eigenvalue weighted by Crippen LogP contribution is -2.36. The number of aryl methyl sites for hydroxylation is 1. The lowest BCUT2D eigenvalue weighted by molar-refractivity contribution is 0.116. The first kappa shape index (κ1) is 16.0. The SMILES string of the molecule is CCc1cc2c(CN3CCC[C@@H](CO)C3)cc(=O)oc2cc1O. The van der Waals surface area contributed by atoms with Crippen molar-refractivity contribution in [2.24, 2.45) is 5.92 Å². The molecule has 1 aliphatic rings. The topological polar surface area (TPSA) is 73.9 Å². The molecule has 1 saturated heterocycles. The maximum absolute atomic E-state index is 11.8. The molecule has 1 aliphatic heterocycles. The largest absolute Gasteiger partial charge is 0.508 e. The lowest BCUT2D eigenvalue weighted by Gasteiger charge is -2.31. The van der Waals surface area contributed by atoms with Crippen molar-refractivity contribution in [2.45, 2.75) is 32.7 Å². The minimum Gasteiger partial charge on any atom is -0.508 e. The Hall–Kier alpha value is -1.85. The number of phenolic OH excluding ortho intramolecular Hbond substituents is 1. The smallest absolute Gasteiger partial charge is 0.336 e. The van der Waals surface area contributed by atoms with E-state index in [1.807, 2.05) is 13.0 Å². The number of aromatic hydroxyl groups is 1. The van der Waals surface area contributed by atoms with Crippen LogP contribution in [0.3, 0.4) is 0 Å². The predicted octanol–water partition coefficient (Wildman–Crippen LogP) is 2.27. The zero-order valence-corrected chi connectivity index (χ0v) is 13.4. The number of piperidine rings is 1. The van der Waals surface area contributed by atoms with Crippen LogP contribution in [0.25, 0.3) is 11.0 Å². The number of likely N-dealkylation sites (tertiary alicyclic amines) is 1. The molecule has 1 aromatic carbocycles. The summed E-state index contributed by atoms with van der Waals surface area (Å²) in [5.41, 5.74) is 1.80. The fourth-order valence-corrected chi connectivity index (χ4v) is 3.41. The van der Waals surface area contributed by atoms with Crippen LogP contribution in [-0.4, -0.2) is 34.8 Å². The number of rotatable bonds is 4. The first-order valence-electron chi connectivity index (χ1n) is 8.22. The highest BCUT2D eigenvalue weighted by atomic mass is 16.4. The molecule has 0 amide bonds. The number of aliphatic hydroxyl groups is 1.